The van der Waals surface area contributed by atoms with Gasteiger partial charge >= 0.3 is 5.97 Å². The number of aliphatic hydroxyl groups excluding tert-OH is 1. The summed E-state index contributed by atoms with van der Waals surface area (Å²) in [4.78, 5) is 25.1. The Balaban J connectivity index is 1.48. The molecular formula is C26H33FN2O5. The smallest absolute Gasteiger partial charge is 0.318 e. The summed E-state index contributed by atoms with van der Waals surface area (Å²) in [5.41, 5.74) is 1.20. The maximum atomic E-state index is 13.8. The summed E-state index contributed by atoms with van der Waals surface area (Å²) in [6.07, 6.45) is 2.01. The van der Waals surface area contributed by atoms with Gasteiger partial charge < -0.3 is 25.2 Å². The number of carboxylic acid groups (broad SMARTS) is 1. The van der Waals surface area contributed by atoms with Crippen molar-refractivity contribution in [3.05, 3.63) is 48.5 Å². The molecule has 0 saturated carbocycles. The summed E-state index contributed by atoms with van der Waals surface area (Å²) >= 11 is 0. The number of carbonyl (C=O) groups excluding carboxylic acids is 1. The van der Waals surface area contributed by atoms with Crippen LogP contribution in [0.3, 0.4) is 0 Å². The second-order valence-corrected chi connectivity index (χ2v) is 9.41. The third-order valence-corrected chi connectivity index (χ3v) is 5.93. The summed E-state index contributed by atoms with van der Waals surface area (Å²) < 4.78 is 19.8. The lowest BCUT2D eigenvalue weighted by atomic mass is 9.97. The van der Waals surface area contributed by atoms with Crippen molar-refractivity contribution < 1.29 is 28.9 Å². The van der Waals surface area contributed by atoms with Gasteiger partial charge in [-0.05, 0) is 81.1 Å². The number of piperidine rings is 1. The lowest BCUT2D eigenvalue weighted by Gasteiger charge is -2.34. The van der Waals surface area contributed by atoms with Crippen LogP contribution in [-0.4, -0.2) is 65.5 Å². The average molecular weight is 473 g/mol. The minimum atomic E-state index is -1.50. The number of rotatable bonds is 10. The van der Waals surface area contributed by atoms with Gasteiger partial charge in [-0.2, -0.15) is 0 Å². The highest BCUT2D eigenvalue weighted by Crippen LogP contribution is 2.26. The maximum absolute atomic E-state index is 13.8. The summed E-state index contributed by atoms with van der Waals surface area (Å²) in [5.74, 6) is -2.37. The number of likely N-dealkylation sites (tertiary alicyclic amines) is 1. The second-order valence-electron chi connectivity index (χ2n) is 9.41. The van der Waals surface area contributed by atoms with Gasteiger partial charge in [-0.15, -0.1) is 0 Å². The molecule has 1 atom stereocenters. The van der Waals surface area contributed by atoms with E-state index in [1.54, 1.807) is 26.0 Å². The van der Waals surface area contributed by atoms with Gasteiger partial charge in [0, 0.05) is 12.2 Å². The molecule has 0 aliphatic carbocycles. The molecule has 0 spiro atoms. The molecule has 7 nitrogen and oxygen atoms in total. The summed E-state index contributed by atoms with van der Waals surface area (Å²) in [6.45, 7) is 5.39. The van der Waals surface area contributed by atoms with Crippen molar-refractivity contribution in [1.29, 1.82) is 0 Å². The number of hydrogen-bond acceptors (Lipinski definition) is 5. The third-order valence-electron chi connectivity index (χ3n) is 5.93. The molecular weight excluding hydrogens is 439 g/mol. The van der Waals surface area contributed by atoms with E-state index >= 15 is 0 Å². The van der Waals surface area contributed by atoms with Crippen LogP contribution in [0.2, 0.25) is 0 Å². The van der Waals surface area contributed by atoms with Crippen molar-refractivity contribution in [1.82, 2.24) is 4.90 Å². The lowest BCUT2D eigenvalue weighted by Crippen LogP contribution is -2.41. The van der Waals surface area contributed by atoms with Crippen LogP contribution in [0.5, 0.6) is 5.75 Å². The second kappa shape index (κ2) is 11.4. The van der Waals surface area contributed by atoms with Crippen molar-refractivity contribution in [2.24, 2.45) is 11.8 Å². The molecule has 1 saturated heterocycles. The lowest BCUT2D eigenvalue weighted by molar-refractivity contribution is -0.146. The van der Waals surface area contributed by atoms with Gasteiger partial charge in [-0.25, -0.2) is 4.39 Å². The van der Waals surface area contributed by atoms with Crippen molar-refractivity contribution in [2.45, 2.75) is 32.4 Å². The molecule has 1 aliphatic heterocycles. The summed E-state index contributed by atoms with van der Waals surface area (Å²) in [6, 6.07) is 14.8. The Bertz CT molecular complexity index is 949. The highest BCUT2D eigenvalue weighted by atomic mass is 19.1. The van der Waals surface area contributed by atoms with Gasteiger partial charge in [0.1, 0.15) is 11.4 Å². The van der Waals surface area contributed by atoms with E-state index in [0.29, 0.717) is 24.8 Å². The van der Waals surface area contributed by atoms with Crippen LogP contribution in [0, 0.1) is 11.8 Å². The minimum absolute atomic E-state index is 0.453. The third kappa shape index (κ3) is 7.53. The molecule has 8 heteroatoms. The standard InChI is InChI=1S/C26H33FN2O5/c1-26(2,27)17-29-13-11-18(12-14-29)16-34-22-9-5-20(6-10-22)19-3-7-21(8-4-19)28-24(31)23(15-30)25(32)33/h3-10,18,23,30H,11-17H2,1-2H3,(H,28,31)(H,32,33)/t23-/m0/s1. The van der Waals surface area contributed by atoms with E-state index in [9.17, 15) is 14.0 Å². The zero-order valence-corrected chi connectivity index (χ0v) is 19.7. The zero-order chi connectivity index (χ0) is 24.7. The summed E-state index contributed by atoms with van der Waals surface area (Å²) in [7, 11) is 0. The Hall–Kier alpha value is -2.97. The fraction of sp³-hybridized carbons (Fsp3) is 0.462. The van der Waals surface area contributed by atoms with Crippen molar-refractivity contribution in [3.8, 4) is 16.9 Å². The molecule has 3 N–H and O–H groups in total. The predicted octanol–water partition coefficient (Wildman–Crippen LogP) is 3.82. The van der Waals surface area contributed by atoms with Gasteiger partial charge in [-0.3, -0.25) is 9.59 Å². The topological polar surface area (TPSA) is 99.1 Å². The highest BCUT2D eigenvalue weighted by Gasteiger charge is 2.26. The largest absolute Gasteiger partial charge is 0.493 e. The Morgan fingerprint density at radius 2 is 1.65 bits per heavy atom. The van der Waals surface area contributed by atoms with Gasteiger partial charge in [0.2, 0.25) is 5.91 Å². The number of aliphatic carboxylic acids is 1. The van der Waals surface area contributed by atoms with E-state index in [2.05, 4.69) is 10.2 Å². The van der Waals surface area contributed by atoms with Crippen LogP contribution in [-0.2, 0) is 9.59 Å². The predicted molar refractivity (Wildman–Crippen MR) is 129 cm³/mol. The van der Waals surface area contributed by atoms with E-state index in [1.807, 2.05) is 36.4 Å². The average Bonchev–Trinajstić information content (AvgIpc) is 2.79. The number of nitrogens with zero attached hydrogens (tertiary/aromatic N) is 1. The van der Waals surface area contributed by atoms with Crippen LogP contribution < -0.4 is 10.1 Å². The quantitative estimate of drug-likeness (QED) is 0.455. The number of amides is 1. The van der Waals surface area contributed by atoms with Gasteiger partial charge in [-0.1, -0.05) is 24.3 Å². The van der Waals surface area contributed by atoms with Crippen molar-refractivity contribution in [2.75, 3.05) is 38.2 Å². The number of benzene rings is 2. The number of carbonyl (C=O) groups is 2. The van der Waals surface area contributed by atoms with Gasteiger partial charge in [0.15, 0.2) is 5.92 Å². The van der Waals surface area contributed by atoms with E-state index in [4.69, 9.17) is 14.9 Å². The van der Waals surface area contributed by atoms with E-state index < -0.39 is 30.1 Å². The first-order valence-corrected chi connectivity index (χ1v) is 11.5. The number of hydrogen-bond donors (Lipinski definition) is 3. The number of aliphatic hydroxyl groups is 1. The number of nitrogens with one attached hydrogen (secondary N) is 1. The number of carboxylic acids is 1. The molecule has 3 rings (SSSR count). The monoisotopic (exact) mass is 472 g/mol. The number of ether oxygens (including phenoxy) is 1. The van der Waals surface area contributed by atoms with Crippen LogP contribution in [0.4, 0.5) is 10.1 Å². The van der Waals surface area contributed by atoms with Crippen molar-refractivity contribution in [3.63, 3.8) is 0 Å². The highest BCUT2D eigenvalue weighted by molar-refractivity contribution is 6.04. The molecule has 0 radical (unpaired) electrons. The van der Waals surface area contributed by atoms with Crippen LogP contribution in [0.1, 0.15) is 26.7 Å². The Morgan fingerprint density at radius 1 is 1.09 bits per heavy atom. The molecule has 184 valence electrons. The molecule has 1 amide bonds. The van der Waals surface area contributed by atoms with E-state index in [1.165, 1.54) is 0 Å². The molecule has 2 aromatic rings. The normalized spacial score (nSPS) is 16.1. The number of halogens is 1. The zero-order valence-electron chi connectivity index (χ0n) is 19.7. The first kappa shape index (κ1) is 25.6. The fourth-order valence-electron chi connectivity index (χ4n) is 4.05. The van der Waals surface area contributed by atoms with Crippen LogP contribution in [0.15, 0.2) is 48.5 Å². The Morgan fingerprint density at radius 3 is 2.15 bits per heavy atom. The van der Waals surface area contributed by atoms with Crippen molar-refractivity contribution >= 4 is 17.6 Å². The minimum Gasteiger partial charge on any atom is -0.493 e. The molecule has 1 heterocycles. The molecule has 0 unspecified atom stereocenters. The molecule has 0 bridgehead atoms. The molecule has 2 aromatic carbocycles. The van der Waals surface area contributed by atoms with Gasteiger partial charge in [0.05, 0.1) is 13.2 Å². The van der Waals surface area contributed by atoms with Crippen LogP contribution >= 0.6 is 0 Å². The van der Waals surface area contributed by atoms with Gasteiger partial charge in [0.25, 0.3) is 0 Å². The maximum Gasteiger partial charge on any atom is 0.318 e. The number of alkyl halides is 1. The summed E-state index contributed by atoms with van der Waals surface area (Å²) in [5, 5.41) is 20.5. The Labute approximate surface area is 199 Å². The fourth-order valence-corrected chi connectivity index (χ4v) is 4.05. The van der Waals surface area contributed by atoms with E-state index in [-0.39, 0.29) is 0 Å². The number of anilines is 1. The Kier molecular flexibility index (Phi) is 8.63. The molecule has 0 aromatic heterocycles. The molecule has 1 aliphatic rings. The first-order chi connectivity index (χ1) is 16.1. The molecule has 1 fully saturated rings. The molecule has 34 heavy (non-hydrogen) atoms. The van der Waals surface area contributed by atoms with E-state index in [0.717, 1.165) is 42.8 Å². The van der Waals surface area contributed by atoms with Crippen LogP contribution in [0.25, 0.3) is 11.1 Å². The SMILES string of the molecule is CC(C)(F)CN1CCC(COc2ccc(-c3ccc(NC(=O)[C@H](CO)C(=O)O)cc3)cc2)CC1. The first-order valence-electron chi connectivity index (χ1n) is 11.5.